The van der Waals surface area contributed by atoms with Crippen LogP contribution in [0.2, 0.25) is 0 Å². The van der Waals surface area contributed by atoms with Gasteiger partial charge in [0.2, 0.25) is 5.95 Å². The Balaban J connectivity index is 1.25. The molecule has 0 spiro atoms. The number of hydrogen-bond acceptors (Lipinski definition) is 7. The Morgan fingerprint density at radius 3 is 2.55 bits per heavy atom. The van der Waals surface area contributed by atoms with Crippen LogP contribution in [-0.2, 0) is 0 Å². The van der Waals surface area contributed by atoms with Gasteiger partial charge in [0.1, 0.15) is 5.75 Å². The molecule has 0 aliphatic carbocycles. The number of rotatable bonds is 8. The topological polar surface area (TPSA) is 95.8 Å². The van der Waals surface area contributed by atoms with E-state index in [4.69, 9.17) is 0 Å². The first-order valence-electron chi connectivity index (χ1n) is 12.1. The van der Waals surface area contributed by atoms with Crippen molar-refractivity contribution in [1.82, 2.24) is 30.1 Å². The molecule has 0 saturated carbocycles. The van der Waals surface area contributed by atoms with Crippen molar-refractivity contribution >= 4 is 23.2 Å². The molecule has 9 nitrogen and oxygen atoms in total. The number of halogens is 3. The summed E-state index contributed by atoms with van der Waals surface area (Å²) in [4.78, 5) is 19.3. The lowest BCUT2D eigenvalue weighted by atomic mass is 10.1. The molecule has 0 atom stereocenters. The summed E-state index contributed by atoms with van der Waals surface area (Å²) >= 11 is 0. The number of ether oxygens (including phenoxy) is 1. The van der Waals surface area contributed by atoms with Crippen LogP contribution in [0.15, 0.2) is 66.7 Å². The Labute approximate surface area is 216 Å². The highest BCUT2D eigenvalue weighted by molar-refractivity contribution is 5.94. The van der Waals surface area contributed by atoms with Crippen LogP contribution in [0.4, 0.5) is 24.8 Å². The normalized spacial score (nSPS) is 14.4. The lowest BCUT2D eigenvalue weighted by Gasteiger charge is -2.27. The summed E-state index contributed by atoms with van der Waals surface area (Å²) in [7, 11) is 0. The molecule has 4 aromatic rings. The van der Waals surface area contributed by atoms with Gasteiger partial charge >= 0.3 is 6.36 Å². The number of nitrogens with zero attached hydrogens (tertiary/aromatic N) is 4. The molecule has 0 unspecified atom stereocenters. The van der Waals surface area contributed by atoms with E-state index in [-0.39, 0.29) is 11.7 Å². The van der Waals surface area contributed by atoms with Crippen LogP contribution in [0.25, 0.3) is 16.9 Å². The molecule has 1 amide bonds. The maximum atomic E-state index is 12.6. The third kappa shape index (κ3) is 6.39. The number of aromatic nitrogens is 3. The number of piperazine rings is 1. The number of alkyl halides is 3. The van der Waals surface area contributed by atoms with Crippen LogP contribution in [0.3, 0.4) is 0 Å². The molecular formula is C26H26F3N7O2. The molecule has 1 fully saturated rings. The maximum absolute atomic E-state index is 12.6. The van der Waals surface area contributed by atoms with Gasteiger partial charge in [0.25, 0.3) is 5.91 Å². The summed E-state index contributed by atoms with van der Waals surface area (Å²) in [5.41, 5.74) is 2.76. The Bertz CT molecular complexity index is 1400. The van der Waals surface area contributed by atoms with Crippen LogP contribution in [0.5, 0.6) is 5.75 Å². The summed E-state index contributed by atoms with van der Waals surface area (Å²) in [5, 5.41) is 13.8. The number of carbonyl (C=O) groups excluding carboxylic acids is 1. The van der Waals surface area contributed by atoms with Crippen LogP contribution < -0.4 is 20.7 Å². The predicted molar refractivity (Wildman–Crippen MR) is 136 cm³/mol. The van der Waals surface area contributed by atoms with E-state index in [9.17, 15) is 18.0 Å². The number of nitrogens with one attached hydrogen (secondary N) is 3. The minimum absolute atomic E-state index is 0.140. The molecule has 38 heavy (non-hydrogen) atoms. The second-order valence-electron chi connectivity index (χ2n) is 8.74. The monoisotopic (exact) mass is 525 g/mol. The highest BCUT2D eigenvalue weighted by atomic mass is 19.4. The predicted octanol–water partition coefficient (Wildman–Crippen LogP) is 3.67. The molecular weight excluding hydrogens is 499 g/mol. The maximum Gasteiger partial charge on any atom is 0.573 e. The van der Waals surface area contributed by atoms with Crippen molar-refractivity contribution in [2.75, 3.05) is 44.6 Å². The number of pyridine rings is 1. The lowest BCUT2D eigenvalue weighted by molar-refractivity contribution is -0.274. The lowest BCUT2D eigenvalue weighted by Crippen LogP contribution is -2.46. The van der Waals surface area contributed by atoms with E-state index in [2.05, 4.69) is 35.7 Å². The van der Waals surface area contributed by atoms with E-state index >= 15 is 0 Å². The van der Waals surface area contributed by atoms with Gasteiger partial charge in [-0.25, -0.2) is 4.52 Å². The van der Waals surface area contributed by atoms with E-state index in [1.807, 2.05) is 0 Å². The molecule has 2 aromatic heterocycles. The van der Waals surface area contributed by atoms with E-state index < -0.39 is 6.36 Å². The van der Waals surface area contributed by atoms with Crippen LogP contribution in [0.1, 0.15) is 10.4 Å². The number of carbonyl (C=O) groups is 1. The van der Waals surface area contributed by atoms with Crippen molar-refractivity contribution < 1.29 is 22.7 Å². The molecule has 1 saturated heterocycles. The zero-order valence-corrected chi connectivity index (χ0v) is 20.3. The first-order chi connectivity index (χ1) is 18.3. The third-order valence-electron chi connectivity index (χ3n) is 6.05. The van der Waals surface area contributed by atoms with E-state index in [0.29, 0.717) is 40.6 Å². The van der Waals surface area contributed by atoms with Crippen molar-refractivity contribution in [2.45, 2.75) is 6.36 Å². The Hall–Kier alpha value is -4.16. The highest BCUT2D eigenvalue weighted by Gasteiger charge is 2.31. The summed E-state index contributed by atoms with van der Waals surface area (Å²) in [6, 6.07) is 17.9. The summed E-state index contributed by atoms with van der Waals surface area (Å²) in [6.45, 7) is 5.29. The van der Waals surface area contributed by atoms with Gasteiger partial charge < -0.3 is 20.7 Å². The zero-order valence-electron chi connectivity index (χ0n) is 20.3. The third-order valence-corrected chi connectivity index (χ3v) is 6.05. The van der Waals surface area contributed by atoms with Gasteiger partial charge in [-0.2, -0.15) is 4.98 Å². The second-order valence-corrected chi connectivity index (χ2v) is 8.74. The summed E-state index contributed by atoms with van der Waals surface area (Å²) in [5.74, 6) is -0.161. The van der Waals surface area contributed by atoms with Gasteiger partial charge in [-0.15, -0.1) is 18.3 Å². The van der Waals surface area contributed by atoms with E-state index in [1.165, 1.54) is 22.7 Å². The first kappa shape index (κ1) is 25.5. The van der Waals surface area contributed by atoms with Crippen LogP contribution in [0, 0.1) is 0 Å². The summed E-state index contributed by atoms with van der Waals surface area (Å²) in [6.07, 6.45) is -4.78. The Kier molecular flexibility index (Phi) is 7.43. The van der Waals surface area contributed by atoms with Gasteiger partial charge in [-0.05, 0) is 48.5 Å². The Morgan fingerprint density at radius 2 is 1.79 bits per heavy atom. The average molecular weight is 526 g/mol. The van der Waals surface area contributed by atoms with Crippen molar-refractivity contribution in [2.24, 2.45) is 0 Å². The Morgan fingerprint density at radius 1 is 1.03 bits per heavy atom. The van der Waals surface area contributed by atoms with Gasteiger partial charge in [0.05, 0.1) is 5.69 Å². The molecule has 1 aliphatic heterocycles. The molecule has 198 valence electrons. The van der Waals surface area contributed by atoms with Gasteiger partial charge in [-0.1, -0.05) is 18.2 Å². The standard InChI is InChI=1S/C26H26F3N7O2/c27-26(28,29)38-21-4-1-3-19(17-21)22-5-2-6-23-33-25(34-36(22)23)32-20-9-7-18(8-10-20)24(37)31-13-16-35-14-11-30-12-15-35/h1-10,17,30H,11-16H2,(H,31,37)(H,32,34). The number of hydrogen-bond donors (Lipinski definition) is 3. The van der Waals surface area contributed by atoms with Gasteiger partial charge in [-0.3, -0.25) is 9.69 Å². The largest absolute Gasteiger partial charge is 0.573 e. The number of benzene rings is 2. The fourth-order valence-corrected chi connectivity index (χ4v) is 4.23. The van der Waals surface area contributed by atoms with Crippen molar-refractivity contribution in [3.05, 3.63) is 72.3 Å². The van der Waals surface area contributed by atoms with Crippen molar-refractivity contribution in [3.8, 4) is 17.0 Å². The van der Waals surface area contributed by atoms with Crippen LogP contribution in [-0.4, -0.2) is 71.0 Å². The van der Waals surface area contributed by atoms with Crippen molar-refractivity contribution in [1.29, 1.82) is 0 Å². The minimum atomic E-state index is -4.78. The average Bonchev–Trinajstić information content (AvgIpc) is 3.31. The minimum Gasteiger partial charge on any atom is -0.406 e. The SMILES string of the molecule is O=C(NCCN1CCNCC1)c1ccc(Nc2nc3cccc(-c4cccc(OC(F)(F)F)c4)n3n2)cc1. The molecule has 5 rings (SSSR count). The van der Waals surface area contributed by atoms with E-state index in [0.717, 1.165) is 32.7 Å². The summed E-state index contributed by atoms with van der Waals surface area (Å²) < 4.78 is 43.5. The quantitative estimate of drug-likeness (QED) is 0.323. The molecule has 3 heterocycles. The fraction of sp³-hybridized carbons (Fsp3) is 0.269. The highest BCUT2D eigenvalue weighted by Crippen LogP contribution is 2.28. The molecule has 3 N–H and O–H groups in total. The number of fused-ring (bicyclic) bond motifs is 1. The zero-order chi connectivity index (χ0) is 26.5. The second kappa shape index (κ2) is 11.1. The first-order valence-corrected chi connectivity index (χ1v) is 12.1. The number of amides is 1. The molecule has 1 aliphatic rings. The molecule has 12 heteroatoms. The molecule has 0 radical (unpaired) electrons. The fourth-order valence-electron chi connectivity index (χ4n) is 4.23. The van der Waals surface area contributed by atoms with Gasteiger partial charge in [0.15, 0.2) is 5.65 Å². The van der Waals surface area contributed by atoms with Crippen LogP contribution >= 0.6 is 0 Å². The van der Waals surface area contributed by atoms with Crippen molar-refractivity contribution in [3.63, 3.8) is 0 Å². The van der Waals surface area contributed by atoms with E-state index in [1.54, 1.807) is 48.5 Å². The van der Waals surface area contributed by atoms with Gasteiger partial charge in [0, 0.05) is 56.1 Å². The molecule has 2 aromatic carbocycles. The smallest absolute Gasteiger partial charge is 0.406 e. The molecule has 0 bridgehead atoms. The number of anilines is 2.